The Morgan fingerprint density at radius 1 is 1.14 bits per heavy atom. The molecule has 0 unspecified atom stereocenters. The second kappa shape index (κ2) is 9.44. The molecule has 2 aromatic rings. The number of hydrogen-bond donors (Lipinski definition) is 2. The van der Waals surface area contributed by atoms with Crippen molar-refractivity contribution < 1.29 is 32.3 Å². The smallest absolute Gasteiger partial charge is 0.350 e. The first-order valence-corrected chi connectivity index (χ1v) is 10.4. The lowest BCUT2D eigenvalue weighted by Crippen LogP contribution is -2.24. The maximum absolute atomic E-state index is 12.1. The minimum atomic E-state index is -3.73. The van der Waals surface area contributed by atoms with Crippen LogP contribution >= 0.6 is 11.3 Å². The van der Waals surface area contributed by atoms with Crippen LogP contribution < -0.4 is 10.0 Å². The molecule has 28 heavy (non-hydrogen) atoms. The molecule has 0 fully saturated rings. The maximum Gasteiger partial charge on any atom is 0.350 e. The predicted molar refractivity (Wildman–Crippen MR) is 102 cm³/mol. The third-order valence-corrected chi connectivity index (χ3v) is 5.80. The van der Waals surface area contributed by atoms with Crippen LogP contribution in [-0.4, -0.2) is 46.5 Å². The molecule has 1 aromatic heterocycles. The first-order valence-electron chi connectivity index (χ1n) is 8.01. The Hall–Kier alpha value is -2.76. The zero-order chi connectivity index (χ0) is 20.7. The lowest BCUT2D eigenvalue weighted by molar-refractivity contribution is -0.119. The minimum absolute atomic E-state index is 0.0161. The van der Waals surface area contributed by atoms with E-state index in [1.54, 1.807) is 12.3 Å². The van der Waals surface area contributed by atoms with Gasteiger partial charge in [0.25, 0.3) is 5.91 Å². The van der Waals surface area contributed by atoms with E-state index in [4.69, 9.17) is 4.74 Å². The average Bonchev–Trinajstić information content (AvgIpc) is 3.13. The molecule has 150 valence electrons. The molecular formula is C17H18N2O7S2. The summed E-state index contributed by atoms with van der Waals surface area (Å²) >= 11 is 1.09. The van der Waals surface area contributed by atoms with Crippen molar-refractivity contribution in [3.05, 3.63) is 46.2 Å². The molecule has 2 rings (SSSR count). The van der Waals surface area contributed by atoms with E-state index in [1.807, 2.05) is 0 Å². The van der Waals surface area contributed by atoms with Gasteiger partial charge >= 0.3 is 11.9 Å². The highest BCUT2D eigenvalue weighted by Gasteiger charge is 2.18. The lowest BCUT2D eigenvalue weighted by atomic mass is 10.2. The third kappa shape index (κ3) is 5.38. The summed E-state index contributed by atoms with van der Waals surface area (Å²) in [4.78, 5) is 35.8. The number of methoxy groups -OCH3 is 1. The molecule has 1 amide bonds. The summed E-state index contributed by atoms with van der Waals surface area (Å²) in [5.74, 6) is -2.11. The molecule has 0 aliphatic heterocycles. The van der Waals surface area contributed by atoms with Gasteiger partial charge in [-0.15, -0.1) is 11.3 Å². The molecule has 9 nitrogen and oxygen atoms in total. The van der Waals surface area contributed by atoms with Gasteiger partial charge in [-0.2, -0.15) is 0 Å². The SMILES string of the molecule is CCNS(=O)(=O)c1cccc(C(=O)OCC(=O)Nc2ccsc2C(=O)OC)c1. The number of carbonyl (C=O) groups excluding carboxylic acids is 3. The van der Waals surface area contributed by atoms with Crippen molar-refractivity contribution in [3.8, 4) is 0 Å². The van der Waals surface area contributed by atoms with Crippen molar-refractivity contribution >= 4 is 44.9 Å². The fourth-order valence-electron chi connectivity index (χ4n) is 2.12. The molecule has 0 saturated carbocycles. The van der Waals surface area contributed by atoms with Gasteiger partial charge in [0.2, 0.25) is 10.0 Å². The van der Waals surface area contributed by atoms with Crippen LogP contribution in [0.3, 0.4) is 0 Å². The number of esters is 2. The van der Waals surface area contributed by atoms with E-state index < -0.39 is 34.5 Å². The summed E-state index contributed by atoms with van der Waals surface area (Å²) in [7, 11) is -2.51. The van der Waals surface area contributed by atoms with Crippen molar-refractivity contribution in [2.24, 2.45) is 0 Å². The van der Waals surface area contributed by atoms with Gasteiger partial charge in [0.1, 0.15) is 4.88 Å². The molecule has 2 N–H and O–H groups in total. The van der Waals surface area contributed by atoms with Crippen LogP contribution in [0.5, 0.6) is 0 Å². The molecule has 1 aromatic carbocycles. The molecule has 0 bridgehead atoms. The van der Waals surface area contributed by atoms with Crippen LogP contribution in [0.25, 0.3) is 0 Å². The highest BCUT2D eigenvalue weighted by Crippen LogP contribution is 2.23. The average molecular weight is 426 g/mol. The highest BCUT2D eigenvalue weighted by molar-refractivity contribution is 7.89. The number of anilines is 1. The van der Waals surface area contributed by atoms with Crippen molar-refractivity contribution in [1.82, 2.24) is 4.72 Å². The van der Waals surface area contributed by atoms with E-state index in [9.17, 15) is 22.8 Å². The lowest BCUT2D eigenvalue weighted by Gasteiger charge is -2.08. The number of ether oxygens (including phenoxy) is 2. The van der Waals surface area contributed by atoms with E-state index in [0.717, 1.165) is 17.4 Å². The van der Waals surface area contributed by atoms with Crippen LogP contribution in [-0.2, 0) is 24.3 Å². The van der Waals surface area contributed by atoms with E-state index in [0.29, 0.717) is 0 Å². The van der Waals surface area contributed by atoms with Gasteiger partial charge in [-0.05, 0) is 29.6 Å². The second-order valence-electron chi connectivity index (χ2n) is 5.31. The molecule has 0 atom stereocenters. The van der Waals surface area contributed by atoms with E-state index in [2.05, 4.69) is 14.8 Å². The quantitative estimate of drug-likeness (QED) is 0.614. The standard InChI is InChI=1S/C17H18N2O7S2/c1-3-18-28(23,24)12-6-4-5-11(9-12)16(21)26-10-14(20)19-13-7-8-27-15(13)17(22)25-2/h4-9,18H,3,10H2,1-2H3,(H,19,20). The number of nitrogens with one attached hydrogen (secondary N) is 2. The fourth-order valence-corrected chi connectivity index (χ4v) is 3.98. The number of hydrogen-bond acceptors (Lipinski definition) is 8. The highest BCUT2D eigenvalue weighted by atomic mass is 32.2. The number of sulfonamides is 1. The molecule has 0 spiro atoms. The van der Waals surface area contributed by atoms with Gasteiger partial charge in [0.15, 0.2) is 6.61 Å². The first kappa shape index (κ1) is 21.5. The molecule has 0 aliphatic carbocycles. The van der Waals surface area contributed by atoms with Crippen LogP contribution in [0, 0.1) is 0 Å². The number of rotatable bonds is 8. The summed E-state index contributed by atoms with van der Waals surface area (Å²) in [6.07, 6.45) is 0. The van der Waals surface area contributed by atoms with E-state index in [1.165, 1.54) is 31.4 Å². The van der Waals surface area contributed by atoms with Crippen molar-refractivity contribution in [2.75, 3.05) is 25.6 Å². The van der Waals surface area contributed by atoms with E-state index >= 15 is 0 Å². The molecule has 0 radical (unpaired) electrons. The normalized spacial score (nSPS) is 10.9. The van der Waals surface area contributed by atoms with Crippen LogP contribution in [0.2, 0.25) is 0 Å². The van der Waals surface area contributed by atoms with Crippen LogP contribution in [0.1, 0.15) is 27.0 Å². The van der Waals surface area contributed by atoms with Crippen LogP contribution in [0.4, 0.5) is 5.69 Å². The van der Waals surface area contributed by atoms with E-state index in [-0.39, 0.29) is 27.6 Å². The van der Waals surface area contributed by atoms with Crippen LogP contribution in [0.15, 0.2) is 40.6 Å². The Labute approximate surface area is 165 Å². The number of benzene rings is 1. The number of thiophene rings is 1. The Morgan fingerprint density at radius 3 is 2.57 bits per heavy atom. The summed E-state index contributed by atoms with van der Waals surface area (Å²) in [6.45, 7) is 1.22. The Balaban J connectivity index is 2.00. The van der Waals surface area contributed by atoms with Crippen molar-refractivity contribution in [3.63, 3.8) is 0 Å². The Kier molecular flexibility index (Phi) is 7.26. The van der Waals surface area contributed by atoms with Gasteiger partial charge in [0.05, 0.1) is 23.3 Å². The number of amides is 1. The summed E-state index contributed by atoms with van der Waals surface area (Å²) < 4.78 is 35.8. The topological polar surface area (TPSA) is 128 Å². The third-order valence-electron chi connectivity index (χ3n) is 3.36. The zero-order valence-electron chi connectivity index (χ0n) is 15.1. The molecule has 0 saturated heterocycles. The Morgan fingerprint density at radius 2 is 1.89 bits per heavy atom. The Bertz CT molecular complexity index is 983. The molecule has 11 heteroatoms. The minimum Gasteiger partial charge on any atom is -0.465 e. The second-order valence-corrected chi connectivity index (χ2v) is 7.99. The largest absolute Gasteiger partial charge is 0.465 e. The zero-order valence-corrected chi connectivity index (χ0v) is 16.7. The van der Waals surface area contributed by atoms with Gasteiger partial charge < -0.3 is 14.8 Å². The molecule has 0 aliphatic rings. The van der Waals surface area contributed by atoms with Gasteiger partial charge in [0, 0.05) is 6.54 Å². The predicted octanol–water partition coefficient (Wildman–Crippen LogP) is 1.63. The first-order chi connectivity index (χ1) is 13.3. The fraction of sp³-hybridized carbons (Fsp3) is 0.235. The maximum atomic E-state index is 12.1. The summed E-state index contributed by atoms with van der Waals surface area (Å²) in [6, 6.07) is 6.79. The van der Waals surface area contributed by atoms with Gasteiger partial charge in [-0.3, -0.25) is 4.79 Å². The number of carbonyl (C=O) groups is 3. The summed E-state index contributed by atoms with van der Waals surface area (Å²) in [5.41, 5.74) is 0.231. The van der Waals surface area contributed by atoms with Gasteiger partial charge in [-0.25, -0.2) is 22.7 Å². The summed E-state index contributed by atoms with van der Waals surface area (Å²) in [5, 5.41) is 4.05. The van der Waals surface area contributed by atoms with Crippen molar-refractivity contribution in [1.29, 1.82) is 0 Å². The monoisotopic (exact) mass is 426 g/mol. The van der Waals surface area contributed by atoms with Gasteiger partial charge in [-0.1, -0.05) is 13.0 Å². The molecule has 1 heterocycles. The van der Waals surface area contributed by atoms with Crippen molar-refractivity contribution in [2.45, 2.75) is 11.8 Å². The molecular weight excluding hydrogens is 408 g/mol.